The molecule has 0 aromatic heterocycles. The van der Waals surface area contributed by atoms with Crippen LogP contribution in [0.5, 0.6) is 0 Å². The lowest BCUT2D eigenvalue weighted by Crippen LogP contribution is -1.86. The van der Waals surface area contributed by atoms with Crippen LogP contribution in [0.25, 0.3) is 0 Å². The van der Waals surface area contributed by atoms with Crippen LogP contribution in [0.3, 0.4) is 0 Å². The van der Waals surface area contributed by atoms with Crippen LogP contribution in [-0.4, -0.2) is 0 Å². The van der Waals surface area contributed by atoms with Gasteiger partial charge in [-0.05, 0) is 24.2 Å². The summed E-state index contributed by atoms with van der Waals surface area (Å²) in [4.78, 5) is 0. The zero-order valence-corrected chi connectivity index (χ0v) is 5.36. The number of hydrogen-bond donors (Lipinski definition) is 0. The molecule has 1 radical (unpaired) electrons. The molecular formula is C7H13. The van der Waals surface area contributed by atoms with Crippen molar-refractivity contribution >= 4 is 0 Å². The Morgan fingerprint density at radius 2 is 1.86 bits per heavy atom. The maximum atomic E-state index is 2.32. The van der Waals surface area contributed by atoms with E-state index in [1.54, 1.807) is 5.92 Å². The third-order valence-electron chi connectivity index (χ3n) is 1.85. The van der Waals surface area contributed by atoms with E-state index in [1.165, 1.54) is 6.42 Å². The largest absolute Gasteiger partial charge is 0.0622 e. The van der Waals surface area contributed by atoms with Crippen molar-refractivity contribution in [1.29, 1.82) is 0 Å². The molecule has 1 rings (SSSR count). The Labute approximate surface area is 45.9 Å². The van der Waals surface area contributed by atoms with Gasteiger partial charge in [0.05, 0.1) is 0 Å². The first-order valence-electron chi connectivity index (χ1n) is 3.02. The summed E-state index contributed by atoms with van der Waals surface area (Å²) < 4.78 is 0. The average Bonchev–Trinajstić information content (AvgIpc) is 2.17. The van der Waals surface area contributed by atoms with Crippen LogP contribution in [0.15, 0.2) is 0 Å². The second-order valence-corrected chi connectivity index (χ2v) is 2.90. The maximum Gasteiger partial charge on any atom is -0.0269 e. The van der Waals surface area contributed by atoms with E-state index in [1.807, 2.05) is 0 Å². The zero-order valence-electron chi connectivity index (χ0n) is 5.36. The molecule has 0 nitrogen and oxygen atoms in total. The summed E-state index contributed by atoms with van der Waals surface area (Å²) in [5, 5.41) is 0. The van der Waals surface area contributed by atoms with Gasteiger partial charge >= 0.3 is 0 Å². The molecule has 41 valence electrons. The molecule has 2 unspecified atom stereocenters. The fourth-order valence-corrected chi connectivity index (χ4v) is 1.13. The summed E-state index contributed by atoms with van der Waals surface area (Å²) in [6.45, 7) is 6.78. The van der Waals surface area contributed by atoms with Gasteiger partial charge in [-0.3, -0.25) is 0 Å². The van der Waals surface area contributed by atoms with Crippen molar-refractivity contribution in [1.82, 2.24) is 0 Å². The monoisotopic (exact) mass is 97.1 g/mol. The van der Waals surface area contributed by atoms with Gasteiger partial charge in [0.1, 0.15) is 0 Å². The van der Waals surface area contributed by atoms with Crippen LogP contribution in [0.2, 0.25) is 0 Å². The molecule has 0 amide bonds. The van der Waals surface area contributed by atoms with Crippen molar-refractivity contribution in [2.24, 2.45) is 11.8 Å². The molecule has 0 spiro atoms. The van der Waals surface area contributed by atoms with Crippen molar-refractivity contribution in [3.63, 3.8) is 0 Å². The highest BCUT2D eigenvalue weighted by molar-refractivity contribution is 5.00. The van der Waals surface area contributed by atoms with E-state index >= 15 is 0 Å². The van der Waals surface area contributed by atoms with Gasteiger partial charge in [-0.15, -0.1) is 0 Å². The van der Waals surface area contributed by atoms with E-state index in [9.17, 15) is 0 Å². The van der Waals surface area contributed by atoms with Crippen molar-refractivity contribution in [2.45, 2.75) is 27.2 Å². The van der Waals surface area contributed by atoms with Crippen LogP contribution in [0.1, 0.15) is 27.2 Å². The molecule has 0 aromatic rings. The topological polar surface area (TPSA) is 0 Å². The first-order valence-corrected chi connectivity index (χ1v) is 3.02. The molecule has 2 atom stereocenters. The van der Waals surface area contributed by atoms with Crippen LogP contribution in [0, 0.1) is 17.8 Å². The van der Waals surface area contributed by atoms with Gasteiger partial charge in [0.15, 0.2) is 0 Å². The van der Waals surface area contributed by atoms with Crippen LogP contribution in [-0.2, 0) is 0 Å². The van der Waals surface area contributed by atoms with Crippen LogP contribution >= 0.6 is 0 Å². The Bertz CT molecular complexity index is 64.4. The lowest BCUT2D eigenvalue weighted by atomic mass is 10.1. The molecule has 0 heterocycles. The van der Waals surface area contributed by atoms with Crippen molar-refractivity contribution < 1.29 is 0 Å². The minimum Gasteiger partial charge on any atom is -0.0622 e. The van der Waals surface area contributed by atoms with Gasteiger partial charge in [-0.2, -0.15) is 0 Å². The number of hydrogen-bond acceptors (Lipinski definition) is 0. The maximum absolute atomic E-state index is 2.32. The van der Waals surface area contributed by atoms with Crippen LogP contribution < -0.4 is 0 Å². The minimum atomic E-state index is 0.986. The van der Waals surface area contributed by atoms with E-state index in [0.717, 1.165) is 11.8 Å². The SMILES string of the molecule is C[C](C)C1CC1C. The summed E-state index contributed by atoms with van der Waals surface area (Å²) in [5.41, 5.74) is 0. The van der Waals surface area contributed by atoms with Gasteiger partial charge < -0.3 is 0 Å². The Morgan fingerprint density at radius 3 is 1.86 bits per heavy atom. The first-order chi connectivity index (χ1) is 3.22. The summed E-state index contributed by atoms with van der Waals surface area (Å²) in [6.07, 6.45) is 1.45. The quantitative estimate of drug-likeness (QED) is 0.470. The van der Waals surface area contributed by atoms with Gasteiger partial charge in [0, 0.05) is 0 Å². The fourth-order valence-electron chi connectivity index (χ4n) is 1.13. The molecule has 0 bridgehead atoms. The lowest BCUT2D eigenvalue weighted by molar-refractivity contribution is 0.763. The Kier molecular flexibility index (Phi) is 1.10. The molecule has 0 aliphatic heterocycles. The van der Waals surface area contributed by atoms with E-state index < -0.39 is 0 Å². The Balaban J connectivity index is 2.20. The van der Waals surface area contributed by atoms with Gasteiger partial charge in [-0.25, -0.2) is 0 Å². The lowest BCUT2D eigenvalue weighted by Gasteiger charge is -1.96. The predicted octanol–water partition coefficient (Wildman–Crippen LogP) is 2.26. The molecule has 1 saturated carbocycles. The summed E-state index contributed by atoms with van der Waals surface area (Å²) in [6, 6.07) is 0. The minimum absolute atomic E-state index is 0.986. The normalized spacial score (nSPS) is 39.4. The highest BCUT2D eigenvalue weighted by Gasteiger charge is 2.34. The molecule has 1 aliphatic carbocycles. The standard InChI is InChI=1S/C7H13/c1-5(2)7-4-6(7)3/h6-7H,4H2,1-3H3. The molecule has 0 aromatic carbocycles. The smallest absolute Gasteiger partial charge is 0.0269 e. The molecule has 7 heavy (non-hydrogen) atoms. The van der Waals surface area contributed by atoms with E-state index in [-0.39, 0.29) is 0 Å². The zero-order chi connectivity index (χ0) is 5.44. The van der Waals surface area contributed by atoms with Gasteiger partial charge in [0.25, 0.3) is 0 Å². The van der Waals surface area contributed by atoms with E-state index in [0.29, 0.717) is 0 Å². The molecule has 0 N–H and O–H groups in total. The Morgan fingerprint density at radius 1 is 1.43 bits per heavy atom. The van der Waals surface area contributed by atoms with Crippen molar-refractivity contribution in [3.05, 3.63) is 5.92 Å². The molecule has 0 saturated heterocycles. The molecular weight excluding hydrogens is 84.1 g/mol. The third kappa shape index (κ3) is 0.960. The summed E-state index contributed by atoms with van der Waals surface area (Å²) in [5.74, 6) is 3.61. The summed E-state index contributed by atoms with van der Waals surface area (Å²) in [7, 11) is 0. The molecule has 0 heteroatoms. The average molecular weight is 97.2 g/mol. The first kappa shape index (κ1) is 5.14. The fraction of sp³-hybridized carbons (Fsp3) is 0.857. The Hall–Kier alpha value is 0. The van der Waals surface area contributed by atoms with Crippen molar-refractivity contribution in [2.75, 3.05) is 0 Å². The highest BCUT2D eigenvalue weighted by Crippen LogP contribution is 2.44. The predicted molar refractivity (Wildman–Crippen MR) is 31.9 cm³/mol. The second-order valence-electron chi connectivity index (χ2n) is 2.90. The second kappa shape index (κ2) is 1.50. The van der Waals surface area contributed by atoms with E-state index in [2.05, 4.69) is 20.8 Å². The number of rotatable bonds is 1. The molecule has 1 aliphatic rings. The van der Waals surface area contributed by atoms with E-state index in [4.69, 9.17) is 0 Å². The van der Waals surface area contributed by atoms with Crippen LogP contribution in [0.4, 0.5) is 0 Å². The van der Waals surface area contributed by atoms with Crippen molar-refractivity contribution in [3.8, 4) is 0 Å². The summed E-state index contributed by atoms with van der Waals surface area (Å²) >= 11 is 0. The van der Waals surface area contributed by atoms with Gasteiger partial charge in [-0.1, -0.05) is 20.8 Å². The molecule has 1 fully saturated rings. The highest BCUT2D eigenvalue weighted by atomic mass is 14.4. The van der Waals surface area contributed by atoms with Gasteiger partial charge in [0.2, 0.25) is 0 Å². The third-order valence-corrected chi connectivity index (χ3v) is 1.85.